The summed E-state index contributed by atoms with van der Waals surface area (Å²) < 4.78 is 23.7. The summed E-state index contributed by atoms with van der Waals surface area (Å²) in [5.74, 6) is 1.81. The van der Waals surface area contributed by atoms with Gasteiger partial charge in [0.15, 0.2) is 11.8 Å². The molecule has 0 aliphatic carbocycles. The minimum atomic E-state index is -0.324. The largest absolute Gasteiger partial charge is 0.489 e. The van der Waals surface area contributed by atoms with Crippen molar-refractivity contribution >= 4 is 29.9 Å². The maximum Gasteiger partial charge on any atom is 0.246 e. The molecule has 1 aromatic carbocycles. The highest BCUT2D eigenvalue weighted by molar-refractivity contribution is 14.0. The third kappa shape index (κ3) is 6.69. The quantitative estimate of drug-likeness (QED) is 0.400. The number of guanidine groups is 1. The van der Waals surface area contributed by atoms with Gasteiger partial charge in [0.05, 0.1) is 13.1 Å². The number of aliphatic imine (C=N–C) groups is 1. The monoisotopic (exact) mass is 449 g/mol. The highest BCUT2D eigenvalue weighted by atomic mass is 127. The van der Waals surface area contributed by atoms with Crippen LogP contribution in [0.3, 0.4) is 0 Å². The second-order valence-electron chi connectivity index (χ2n) is 4.93. The SMILES string of the molecule is CN=C(NCc1nc(C)no1)NCC(C)Oc1cccc(F)c1.I. The molecular weight excluding hydrogens is 428 g/mol. The number of nitrogens with zero attached hydrogens (tertiary/aromatic N) is 3. The highest BCUT2D eigenvalue weighted by Crippen LogP contribution is 2.13. The van der Waals surface area contributed by atoms with E-state index in [0.29, 0.717) is 36.5 Å². The predicted molar refractivity (Wildman–Crippen MR) is 99.1 cm³/mol. The number of hydrogen-bond donors (Lipinski definition) is 2. The number of aryl methyl sites for hydroxylation is 1. The number of rotatable bonds is 6. The van der Waals surface area contributed by atoms with Gasteiger partial charge in [-0.25, -0.2) is 4.39 Å². The molecule has 1 atom stereocenters. The number of ether oxygens (including phenoxy) is 1. The lowest BCUT2D eigenvalue weighted by Gasteiger charge is -2.17. The standard InChI is InChI=1S/C15H20FN5O2.HI/c1-10(22-13-6-4-5-12(16)7-13)8-18-15(17-3)19-9-14-20-11(2)21-23-14;/h4-7,10H,8-9H2,1-3H3,(H2,17,18,19);1H. The molecule has 0 bridgehead atoms. The molecule has 0 amide bonds. The number of halogens is 2. The van der Waals surface area contributed by atoms with Crippen LogP contribution in [0.1, 0.15) is 18.6 Å². The van der Waals surface area contributed by atoms with E-state index < -0.39 is 0 Å². The zero-order chi connectivity index (χ0) is 16.7. The van der Waals surface area contributed by atoms with Gasteiger partial charge in [-0.3, -0.25) is 4.99 Å². The third-order valence-electron chi connectivity index (χ3n) is 2.89. The van der Waals surface area contributed by atoms with E-state index >= 15 is 0 Å². The first kappa shape index (κ1) is 20.1. The lowest BCUT2D eigenvalue weighted by Crippen LogP contribution is -2.41. The van der Waals surface area contributed by atoms with Gasteiger partial charge in [-0.2, -0.15) is 4.98 Å². The van der Waals surface area contributed by atoms with Gasteiger partial charge >= 0.3 is 0 Å². The number of aromatic nitrogens is 2. The maximum atomic E-state index is 13.1. The fourth-order valence-corrected chi connectivity index (χ4v) is 1.85. The molecule has 2 N–H and O–H groups in total. The molecule has 0 aliphatic rings. The smallest absolute Gasteiger partial charge is 0.246 e. The van der Waals surface area contributed by atoms with Crippen LogP contribution in [0.2, 0.25) is 0 Å². The van der Waals surface area contributed by atoms with Crippen LogP contribution in [0.25, 0.3) is 0 Å². The molecule has 2 rings (SSSR count). The second kappa shape index (κ2) is 10.1. The molecule has 0 saturated heterocycles. The van der Waals surface area contributed by atoms with Gasteiger partial charge in [-0.05, 0) is 26.0 Å². The zero-order valence-corrected chi connectivity index (χ0v) is 16.1. The molecule has 0 spiro atoms. The predicted octanol–water partition coefficient (Wildman–Crippen LogP) is 2.27. The second-order valence-corrected chi connectivity index (χ2v) is 4.93. The maximum absolute atomic E-state index is 13.1. The van der Waals surface area contributed by atoms with Crippen molar-refractivity contribution in [3.8, 4) is 5.75 Å². The van der Waals surface area contributed by atoms with Crippen LogP contribution in [-0.4, -0.2) is 35.8 Å². The van der Waals surface area contributed by atoms with Crippen molar-refractivity contribution in [2.75, 3.05) is 13.6 Å². The van der Waals surface area contributed by atoms with Crippen molar-refractivity contribution in [2.45, 2.75) is 26.5 Å². The van der Waals surface area contributed by atoms with E-state index in [9.17, 15) is 4.39 Å². The van der Waals surface area contributed by atoms with E-state index in [1.165, 1.54) is 12.1 Å². The van der Waals surface area contributed by atoms with Crippen LogP contribution >= 0.6 is 24.0 Å². The fraction of sp³-hybridized carbons (Fsp3) is 0.400. The Balaban J connectivity index is 0.00000288. The lowest BCUT2D eigenvalue weighted by atomic mass is 10.3. The van der Waals surface area contributed by atoms with Crippen LogP contribution in [0.15, 0.2) is 33.8 Å². The summed E-state index contributed by atoms with van der Waals surface area (Å²) in [6, 6.07) is 6.05. The summed E-state index contributed by atoms with van der Waals surface area (Å²) in [5, 5.41) is 9.88. The lowest BCUT2D eigenvalue weighted by molar-refractivity contribution is 0.223. The summed E-state index contributed by atoms with van der Waals surface area (Å²) in [5.41, 5.74) is 0. The number of benzene rings is 1. The Morgan fingerprint density at radius 2 is 2.21 bits per heavy atom. The summed E-state index contributed by atoms with van der Waals surface area (Å²) >= 11 is 0. The third-order valence-corrected chi connectivity index (χ3v) is 2.89. The minimum Gasteiger partial charge on any atom is -0.489 e. The van der Waals surface area contributed by atoms with Crippen LogP contribution in [0.5, 0.6) is 5.75 Å². The van der Waals surface area contributed by atoms with Crippen molar-refractivity contribution in [1.29, 1.82) is 0 Å². The molecule has 0 radical (unpaired) electrons. The molecule has 1 unspecified atom stereocenters. The average Bonchev–Trinajstić information content (AvgIpc) is 2.93. The summed E-state index contributed by atoms with van der Waals surface area (Å²) in [6.45, 7) is 4.51. The Kier molecular flexibility index (Phi) is 8.44. The van der Waals surface area contributed by atoms with Crippen LogP contribution in [0.4, 0.5) is 4.39 Å². The van der Waals surface area contributed by atoms with Crippen molar-refractivity contribution in [1.82, 2.24) is 20.8 Å². The van der Waals surface area contributed by atoms with E-state index in [-0.39, 0.29) is 35.9 Å². The highest BCUT2D eigenvalue weighted by Gasteiger charge is 2.08. The van der Waals surface area contributed by atoms with Crippen molar-refractivity contribution in [3.63, 3.8) is 0 Å². The molecular formula is C15H21FIN5O2. The molecule has 1 aromatic heterocycles. The Labute approximate surface area is 157 Å². The summed E-state index contributed by atoms with van der Waals surface area (Å²) in [7, 11) is 1.66. The molecule has 0 saturated carbocycles. The molecule has 7 nitrogen and oxygen atoms in total. The Hall–Kier alpha value is -1.91. The number of hydrogen-bond acceptors (Lipinski definition) is 5. The normalized spacial score (nSPS) is 12.2. The first-order valence-electron chi connectivity index (χ1n) is 7.22. The van der Waals surface area contributed by atoms with Gasteiger partial charge in [0.2, 0.25) is 5.89 Å². The Bertz CT molecular complexity index is 665. The van der Waals surface area contributed by atoms with Crippen LogP contribution in [0, 0.1) is 12.7 Å². The fourth-order valence-electron chi connectivity index (χ4n) is 1.85. The molecule has 0 aliphatic heterocycles. The summed E-state index contributed by atoms with van der Waals surface area (Å²) in [4.78, 5) is 8.19. The minimum absolute atomic E-state index is 0. The van der Waals surface area contributed by atoms with Gasteiger partial charge < -0.3 is 19.9 Å². The molecule has 132 valence electrons. The van der Waals surface area contributed by atoms with Crippen molar-refractivity contribution in [2.24, 2.45) is 4.99 Å². The van der Waals surface area contributed by atoms with Gasteiger partial charge in [-0.15, -0.1) is 24.0 Å². The van der Waals surface area contributed by atoms with E-state index in [4.69, 9.17) is 9.26 Å². The van der Waals surface area contributed by atoms with Gasteiger partial charge in [0.25, 0.3) is 0 Å². The topological polar surface area (TPSA) is 84.6 Å². The molecule has 24 heavy (non-hydrogen) atoms. The molecule has 1 heterocycles. The summed E-state index contributed by atoms with van der Waals surface area (Å²) in [6.07, 6.45) is -0.166. The van der Waals surface area contributed by atoms with Crippen molar-refractivity contribution < 1.29 is 13.7 Å². The van der Waals surface area contributed by atoms with Crippen LogP contribution in [-0.2, 0) is 6.54 Å². The molecule has 0 fully saturated rings. The van der Waals surface area contributed by atoms with Gasteiger partial charge in [0, 0.05) is 13.1 Å². The molecule has 9 heteroatoms. The van der Waals surface area contributed by atoms with Gasteiger partial charge in [0.1, 0.15) is 17.7 Å². The number of nitrogens with one attached hydrogen (secondary N) is 2. The Morgan fingerprint density at radius 1 is 1.42 bits per heavy atom. The van der Waals surface area contributed by atoms with E-state index in [0.717, 1.165) is 0 Å². The van der Waals surface area contributed by atoms with Gasteiger partial charge in [-0.1, -0.05) is 11.2 Å². The first-order chi connectivity index (χ1) is 11.1. The first-order valence-corrected chi connectivity index (χ1v) is 7.22. The van der Waals surface area contributed by atoms with E-state index in [2.05, 4.69) is 25.8 Å². The zero-order valence-electron chi connectivity index (χ0n) is 13.7. The van der Waals surface area contributed by atoms with E-state index in [1.807, 2.05) is 6.92 Å². The van der Waals surface area contributed by atoms with Crippen molar-refractivity contribution in [3.05, 3.63) is 41.8 Å². The Morgan fingerprint density at radius 3 is 2.83 bits per heavy atom. The molecule has 2 aromatic rings. The van der Waals surface area contributed by atoms with Crippen LogP contribution < -0.4 is 15.4 Å². The average molecular weight is 449 g/mol. The van der Waals surface area contributed by atoms with E-state index in [1.54, 1.807) is 26.1 Å².